The average molecular weight is 268 g/mol. The van der Waals surface area contributed by atoms with Gasteiger partial charge in [-0.3, -0.25) is 0 Å². The summed E-state index contributed by atoms with van der Waals surface area (Å²) in [7, 11) is 0. The summed E-state index contributed by atoms with van der Waals surface area (Å²) in [5.74, 6) is 0.357. The van der Waals surface area contributed by atoms with E-state index >= 15 is 0 Å². The van der Waals surface area contributed by atoms with Crippen molar-refractivity contribution in [2.24, 2.45) is 0 Å². The number of carbonyl (C=O) groups is 2. The van der Waals surface area contributed by atoms with Gasteiger partial charge in [0.2, 0.25) is 0 Å². The van der Waals surface area contributed by atoms with Crippen molar-refractivity contribution >= 4 is 12.0 Å². The van der Waals surface area contributed by atoms with Gasteiger partial charge in [-0.2, -0.15) is 0 Å². The van der Waals surface area contributed by atoms with Crippen molar-refractivity contribution in [2.75, 3.05) is 6.54 Å². The number of hydrogen-bond donors (Lipinski definition) is 2. The zero-order valence-corrected chi connectivity index (χ0v) is 11.7. The fourth-order valence-corrected chi connectivity index (χ4v) is 1.75. The molecule has 0 aliphatic rings. The first-order valence-corrected chi connectivity index (χ1v) is 6.13. The molecule has 1 rings (SSSR count). The minimum atomic E-state index is -1.25. The van der Waals surface area contributed by atoms with E-state index in [2.05, 4.69) is 5.32 Å². The molecule has 0 aliphatic heterocycles. The van der Waals surface area contributed by atoms with Crippen LogP contribution in [0, 0.1) is 6.92 Å². The topological polar surface area (TPSA) is 82.8 Å². The van der Waals surface area contributed by atoms with E-state index in [1.807, 2.05) is 6.92 Å². The molecule has 6 heteroatoms. The molecule has 0 unspecified atom stereocenters. The fraction of sp³-hybridized carbons (Fsp3) is 0.538. The van der Waals surface area contributed by atoms with Crippen molar-refractivity contribution in [2.45, 2.75) is 39.8 Å². The van der Waals surface area contributed by atoms with Crippen LogP contribution in [0.3, 0.4) is 0 Å². The first-order valence-electron chi connectivity index (χ1n) is 6.13. The molecular formula is C13H20N2O4. The Labute approximate surface area is 112 Å². The number of likely N-dealkylation sites (N-methyl/N-ethyl adjacent to an activating group) is 1. The zero-order chi connectivity index (χ0) is 14.6. The van der Waals surface area contributed by atoms with Gasteiger partial charge < -0.3 is 19.7 Å². The molecule has 0 aliphatic carbocycles. The van der Waals surface area contributed by atoms with Crippen LogP contribution in [-0.2, 0) is 11.3 Å². The van der Waals surface area contributed by atoms with Gasteiger partial charge in [0.05, 0.1) is 6.54 Å². The lowest BCUT2D eigenvalue weighted by Crippen LogP contribution is -2.55. The third-order valence-electron chi connectivity index (χ3n) is 2.97. The van der Waals surface area contributed by atoms with Crippen LogP contribution >= 0.6 is 0 Å². The number of carboxylic acids is 1. The number of hydrogen-bond acceptors (Lipinski definition) is 3. The summed E-state index contributed by atoms with van der Waals surface area (Å²) in [6.45, 7) is 7.09. The van der Waals surface area contributed by atoms with Crippen molar-refractivity contribution in [1.29, 1.82) is 0 Å². The number of furan rings is 1. The molecule has 0 fully saturated rings. The highest BCUT2D eigenvalue weighted by atomic mass is 16.4. The maximum absolute atomic E-state index is 12.0. The highest BCUT2D eigenvalue weighted by molar-refractivity contribution is 5.85. The molecular weight excluding hydrogens is 248 g/mol. The third kappa shape index (κ3) is 3.49. The Morgan fingerprint density at radius 1 is 1.42 bits per heavy atom. The lowest BCUT2D eigenvalue weighted by molar-refractivity contribution is -0.147. The second-order valence-corrected chi connectivity index (χ2v) is 4.78. The highest BCUT2D eigenvalue weighted by Gasteiger charge is 2.36. The minimum absolute atomic E-state index is 0.235. The molecule has 0 radical (unpaired) electrons. The Balaban J connectivity index is 2.67. The molecule has 1 aromatic rings. The van der Waals surface area contributed by atoms with Gasteiger partial charge in [-0.1, -0.05) is 0 Å². The molecule has 1 heterocycles. The number of nitrogens with one attached hydrogen (secondary N) is 1. The molecule has 0 saturated heterocycles. The van der Waals surface area contributed by atoms with Crippen LogP contribution in [0.1, 0.15) is 32.3 Å². The summed E-state index contributed by atoms with van der Waals surface area (Å²) < 4.78 is 5.33. The maximum atomic E-state index is 12.0. The van der Waals surface area contributed by atoms with Crippen LogP contribution in [0.25, 0.3) is 0 Å². The predicted molar refractivity (Wildman–Crippen MR) is 69.8 cm³/mol. The van der Waals surface area contributed by atoms with Crippen LogP contribution < -0.4 is 5.32 Å². The number of aliphatic carboxylic acids is 1. The van der Waals surface area contributed by atoms with Crippen LogP contribution in [0.4, 0.5) is 4.79 Å². The van der Waals surface area contributed by atoms with E-state index in [4.69, 9.17) is 9.52 Å². The molecule has 106 valence electrons. The van der Waals surface area contributed by atoms with Crippen LogP contribution in [0.15, 0.2) is 16.5 Å². The largest absolute Gasteiger partial charge is 0.480 e. The second kappa shape index (κ2) is 5.77. The minimum Gasteiger partial charge on any atom is -0.480 e. The van der Waals surface area contributed by atoms with Gasteiger partial charge >= 0.3 is 12.0 Å². The summed E-state index contributed by atoms with van der Waals surface area (Å²) in [5, 5.41) is 11.8. The summed E-state index contributed by atoms with van der Waals surface area (Å²) in [4.78, 5) is 24.4. The van der Waals surface area contributed by atoms with Crippen LogP contribution in [0.5, 0.6) is 0 Å². The number of carbonyl (C=O) groups excluding carboxylic acids is 1. The van der Waals surface area contributed by atoms with E-state index in [0.29, 0.717) is 12.3 Å². The normalized spacial score (nSPS) is 11.2. The van der Waals surface area contributed by atoms with Crippen molar-refractivity contribution < 1.29 is 19.1 Å². The molecule has 2 amide bonds. The van der Waals surface area contributed by atoms with Gasteiger partial charge in [-0.05, 0) is 39.8 Å². The number of amides is 2. The summed E-state index contributed by atoms with van der Waals surface area (Å²) in [6.07, 6.45) is 0. The third-order valence-corrected chi connectivity index (χ3v) is 2.97. The number of nitrogens with zero attached hydrogens (tertiary/aromatic N) is 1. The molecule has 0 spiro atoms. The Bertz CT molecular complexity index is 465. The maximum Gasteiger partial charge on any atom is 0.329 e. The summed E-state index contributed by atoms with van der Waals surface area (Å²) in [6, 6.07) is 3.15. The smallest absolute Gasteiger partial charge is 0.329 e. The van der Waals surface area contributed by atoms with E-state index < -0.39 is 17.5 Å². The molecule has 1 aromatic heterocycles. The molecule has 0 bridgehead atoms. The van der Waals surface area contributed by atoms with Crippen molar-refractivity contribution in [3.63, 3.8) is 0 Å². The lowest BCUT2D eigenvalue weighted by Gasteiger charge is -2.34. The van der Waals surface area contributed by atoms with Gasteiger partial charge in [0.25, 0.3) is 0 Å². The Kier molecular flexibility index (Phi) is 4.58. The first-order chi connectivity index (χ1) is 8.78. The molecule has 19 heavy (non-hydrogen) atoms. The SMILES string of the molecule is CCN(C(=O)NCc1ccc(C)o1)C(C)(C)C(=O)O. The number of aryl methyl sites for hydroxylation is 1. The van der Waals surface area contributed by atoms with Gasteiger partial charge in [-0.25, -0.2) is 9.59 Å². The van der Waals surface area contributed by atoms with E-state index in [9.17, 15) is 9.59 Å². The van der Waals surface area contributed by atoms with E-state index in [1.54, 1.807) is 19.1 Å². The average Bonchev–Trinajstić information content (AvgIpc) is 2.73. The van der Waals surface area contributed by atoms with E-state index in [0.717, 1.165) is 5.76 Å². The van der Waals surface area contributed by atoms with Crippen molar-refractivity contribution in [3.05, 3.63) is 23.7 Å². The molecule has 0 saturated carbocycles. The number of carboxylic acid groups (broad SMARTS) is 1. The van der Waals surface area contributed by atoms with E-state index in [-0.39, 0.29) is 6.54 Å². The quantitative estimate of drug-likeness (QED) is 0.855. The van der Waals surface area contributed by atoms with Crippen LogP contribution in [0.2, 0.25) is 0 Å². The monoisotopic (exact) mass is 268 g/mol. The van der Waals surface area contributed by atoms with Gasteiger partial charge in [0.1, 0.15) is 17.1 Å². The van der Waals surface area contributed by atoms with Gasteiger partial charge in [0, 0.05) is 6.54 Å². The molecule has 0 atom stereocenters. The standard InChI is InChI=1S/C13H20N2O4/c1-5-15(13(3,4)11(16)17)12(18)14-8-10-7-6-9(2)19-10/h6-7H,5,8H2,1-4H3,(H,14,18)(H,16,17). The zero-order valence-electron chi connectivity index (χ0n) is 11.7. The fourth-order valence-electron chi connectivity index (χ4n) is 1.75. The molecule has 2 N–H and O–H groups in total. The summed E-state index contributed by atoms with van der Waals surface area (Å²) >= 11 is 0. The van der Waals surface area contributed by atoms with Crippen molar-refractivity contribution in [3.8, 4) is 0 Å². The second-order valence-electron chi connectivity index (χ2n) is 4.78. The number of urea groups is 1. The molecule has 0 aromatic carbocycles. The summed E-state index contributed by atoms with van der Waals surface area (Å²) in [5.41, 5.74) is -1.25. The van der Waals surface area contributed by atoms with Gasteiger partial charge in [0.15, 0.2) is 0 Å². The lowest BCUT2D eigenvalue weighted by atomic mass is 10.0. The first kappa shape index (κ1) is 15.1. The van der Waals surface area contributed by atoms with Crippen molar-refractivity contribution in [1.82, 2.24) is 10.2 Å². The Hall–Kier alpha value is -1.98. The predicted octanol–water partition coefficient (Wildman–Crippen LogP) is 1.98. The number of rotatable bonds is 5. The van der Waals surface area contributed by atoms with Gasteiger partial charge in [-0.15, -0.1) is 0 Å². The van der Waals surface area contributed by atoms with E-state index in [1.165, 1.54) is 18.7 Å². The molecule has 6 nitrogen and oxygen atoms in total. The highest BCUT2D eigenvalue weighted by Crippen LogP contribution is 2.15. The Morgan fingerprint density at radius 2 is 2.05 bits per heavy atom. The Morgan fingerprint density at radius 3 is 2.47 bits per heavy atom. The van der Waals surface area contributed by atoms with Crippen LogP contribution in [-0.4, -0.2) is 34.1 Å².